The second kappa shape index (κ2) is 3.17. The van der Waals surface area contributed by atoms with E-state index in [1.54, 1.807) is 6.20 Å². The minimum absolute atomic E-state index is 0.280. The lowest BCUT2D eigenvalue weighted by Gasteiger charge is -1.98. The van der Waals surface area contributed by atoms with Crippen molar-refractivity contribution in [3.63, 3.8) is 0 Å². The summed E-state index contributed by atoms with van der Waals surface area (Å²) in [5.41, 5.74) is 2.06. The smallest absolute Gasteiger partial charge is 0.178 e. The topological polar surface area (TPSA) is 60.2 Å². The number of hydrogen-bond donors (Lipinski definition) is 0. The van der Waals surface area contributed by atoms with Crippen LogP contribution in [-0.4, -0.2) is 26.1 Å². The zero-order valence-corrected chi connectivity index (χ0v) is 8.01. The Morgan fingerprint density at radius 1 is 1.50 bits per heavy atom. The standard InChI is InChI=1S/C9H10N4O/c1-6(2)8-9-10-3-7(5-14)4-13(9)12-11-8/h3-6H,1-2H3. The number of carbonyl (C=O) groups excluding carboxylic acids is 1. The molecule has 0 amide bonds. The van der Waals surface area contributed by atoms with Crippen LogP contribution in [0.5, 0.6) is 0 Å². The van der Waals surface area contributed by atoms with Gasteiger partial charge in [-0.05, 0) is 0 Å². The lowest BCUT2D eigenvalue weighted by molar-refractivity contribution is 0.112. The summed E-state index contributed by atoms with van der Waals surface area (Å²) in [6.45, 7) is 4.05. The van der Waals surface area contributed by atoms with Crippen molar-refractivity contribution in [3.8, 4) is 0 Å². The van der Waals surface area contributed by atoms with Crippen molar-refractivity contribution in [3.05, 3.63) is 23.7 Å². The lowest BCUT2D eigenvalue weighted by Crippen LogP contribution is -1.95. The maximum absolute atomic E-state index is 10.5. The van der Waals surface area contributed by atoms with Gasteiger partial charge in [-0.1, -0.05) is 19.1 Å². The van der Waals surface area contributed by atoms with E-state index < -0.39 is 0 Å². The zero-order valence-electron chi connectivity index (χ0n) is 8.01. The van der Waals surface area contributed by atoms with Crippen LogP contribution in [0.25, 0.3) is 5.65 Å². The average molecular weight is 190 g/mol. The van der Waals surface area contributed by atoms with Crippen LogP contribution in [0.15, 0.2) is 12.4 Å². The fourth-order valence-electron chi connectivity index (χ4n) is 1.26. The quantitative estimate of drug-likeness (QED) is 0.664. The highest BCUT2D eigenvalue weighted by molar-refractivity contribution is 5.74. The summed E-state index contributed by atoms with van der Waals surface area (Å²) in [7, 11) is 0. The van der Waals surface area contributed by atoms with E-state index in [0.717, 1.165) is 12.0 Å². The number of rotatable bonds is 2. The van der Waals surface area contributed by atoms with E-state index in [0.29, 0.717) is 11.2 Å². The summed E-state index contributed by atoms with van der Waals surface area (Å²) >= 11 is 0. The predicted molar refractivity (Wildman–Crippen MR) is 50.3 cm³/mol. The van der Waals surface area contributed by atoms with E-state index in [4.69, 9.17) is 0 Å². The van der Waals surface area contributed by atoms with Gasteiger partial charge in [-0.3, -0.25) is 4.79 Å². The van der Waals surface area contributed by atoms with Crippen molar-refractivity contribution < 1.29 is 4.79 Å². The Morgan fingerprint density at radius 3 is 2.93 bits per heavy atom. The fourth-order valence-corrected chi connectivity index (χ4v) is 1.26. The first-order valence-corrected chi connectivity index (χ1v) is 4.38. The second-order valence-corrected chi connectivity index (χ2v) is 3.40. The number of aromatic nitrogens is 4. The molecule has 0 saturated heterocycles. The first kappa shape index (κ1) is 8.80. The van der Waals surface area contributed by atoms with Gasteiger partial charge in [0.15, 0.2) is 11.9 Å². The Balaban J connectivity index is 2.65. The maximum Gasteiger partial charge on any atom is 0.178 e. The number of carbonyl (C=O) groups is 1. The van der Waals surface area contributed by atoms with E-state index in [1.807, 2.05) is 13.8 Å². The summed E-state index contributed by atoms with van der Waals surface area (Å²) < 4.78 is 1.53. The van der Waals surface area contributed by atoms with Crippen LogP contribution in [0, 0.1) is 0 Å². The van der Waals surface area contributed by atoms with Crippen molar-refractivity contribution in [2.45, 2.75) is 19.8 Å². The minimum atomic E-state index is 0.280. The maximum atomic E-state index is 10.5. The molecule has 0 N–H and O–H groups in total. The van der Waals surface area contributed by atoms with Crippen LogP contribution >= 0.6 is 0 Å². The van der Waals surface area contributed by atoms with Crippen molar-refractivity contribution in [1.29, 1.82) is 0 Å². The number of aldehydes is 1. The molecule has 14 heavy (non-hydrogen) atoms. The van der Waals surface area contributed by atoms with E-state index in [1.165, 1.54) is 10.7 Å². The Hall–Kier alpha value is -1.78. The van der Waals surface area contributed by atoms with E-state index >= 15 is 0 Å². The monoisotopic (exact) mass is 190 g/mol. The van der Waals surface area contributed by atoms with Gasteiger partial charge in [-0.15, -0.1) is 5.10 Å². The highest BCUT2D eigenvalue weighted by atomic mass is 16.1. The molecular weight excluding hydrogens is 180 g/mol. The van der Waals surface area contributed by atoms with Gasteiger partial charge < -0.3 is 0 Å². The molecule has 0 aliphatic rings. The summed E-state index contributed by atoms with van der Waals surface area (Å²) in [6, 6.07) is 0. The molecule has 0 atom stereocenters. The third-order valence-electron chi connectivity index (χ3n) is 1.99. The molecule has 0 aliphatic heterocycles. The molecule has 5 heteroatoms. The average Bonchev–Trinajstić information content (AvgIpc) is 2.59. The van der Waals surface area contributed by atoms with E-state index in [9.17, 15) is 4.79 Å². The number of fused-ring (bicyclic) bond motifs is 1. The van der Waals surface area contributed by atoms with Gasteiger partial charge in [0.1, 0.15) is 5.69 Å². The molecule has 0 radical (unpaired) electrons. The number of hydrogen-bond acceptors (Lipinski definition) is 4. The van der Waals surface area contributed by atoms with Gasteiger partial charge in [0.2, 0.25) is 0 Å². The molecule has 0 spiro atoms. The molecule has 5 nitrogen and oxygen atoms in total. The molecule has 0 aliphatic carbocycles. The lowest BCUT2D eigenvalue weighted by atomic mass is 10.1. The molecule has 2 aromatic rings. The largest absolute Gasteiger partial charge is 0.298 e. The van der Waals surface area contributed by atoms with E-state index in [2.05, 4.69) is 15.3 Å². The third kappa shape index (κ3) is 1.26. The third-order valence-corrected chi connectivity index (χ3v) is 1.99. The van der Waals surface area contributed by atoms with Crippen LogP contribution in [0.4, 0.5) is 0 Å². The molecule has 0 aromatic carbocycles. The molecule has 0 saturated carbocycles. The van der Waals surface area contributed by atoms with Gasteiger partial charge in [0, 0.05) is 18.3 Å². The van der Waals surface area contributed by atoms with Gasteiger partial charge in [0.05, 0.1) is 5.56 Å². The van der Waals surface area contributed by atoms with Crippen molar-refractivity contribution >= 4 is 11.9 Å². The highest BCUT2D eigenvalue weighted by Gasteiger charge is 2.10. The van der Waals surface area contributed by atoms with Crippen LogP contribution in [0.3, 0.4) is 0 Å². The second-order valence-electron chi connectivity index (χ2n) is 3.40. The Labute approximate surface area is 80.8 Å². The highest BCUT2D eigenvalue weighted by Crippen LogP contribution is 2.15. The summed E-state index contributed by atoms with van der Waals surface area (Å²) in [5, 5.41) is 7.90. The van der Waals surface area contributed by atoms with Crippen LogP contribution in [0.1, 0.15) is 35.8 Å². The summed E-state index contributed by atoms with van der Waals surface area (Å²) in [5.74, 6) is 0.280. The Bertz CT molecular complexity index is 475. The van der Waals surface area contributed by atoms with Crippen LogP contribution < -0.4 is 0 Å². The molecule has 0 fully saturated rings. The molecule has 72 valence electrons. The summed E-state index contributed by atoms with van der Waals surface area (Å²) in [6.07, 6.45) is 3.88. The first-order valence-electron chi connectivity index (χ1n) is 4.38. The Kier molecular flexibility index (Phi) is 1.99. The number of nitrogens with zero attached hydrogens (tertiary/aromatic N) is 4. The molecule has 2 rings (SSSR count). The molecule has 0 bridgehead atoms. The van der Waals surface area contributed by atoms with Crippen LogP contribution in [-0.2, 0) is 0 Å². The molecule has 0 unspecified atom stereocenters. The van der Waals surface area contributed by atoms with Crippen molar-refractivity contribution in [2.75, 3.05) is 0 Å². The summed E-state index contributed by atoms with van der Waals surface area (Å²) in [4.78, 5) is 14.6. The van der Waals surface area contributed by atoms with Gasteiger partial charge in [0.25, 0.3) is 0 Å². The van der Waals surface area contributed by atoms with Crippen LogP contribution in [0.2, 0.25) is 0 Å². The van der Waals surface area contributed by atoms with Gasteiger partial charge in [-0.2, -0.15) is 0 Å². The normalized spacial score (nSPS) is 11.1. The first-order chi connectivity index (χ1) is 6.72. The predicted octanol–water partition coefficient (Wildman–Crippen LogP) is 1.06. The fraction of sp³-hybridized carbons (Fsp3) is 0.333. The zero-order chi connectivity index (χ0) is 10.1. The molecular formula is C9H10N4O. The van der Waals surface area contributed by atoms with Crippen molar-refractivity contribution in [2.24, 2.45) is 0 Å². The molecule has 2 aromatic heterocycles. The SMILES string of the molecule is CC(C)c1nnn2cc(C=O)cnc12. The van der Waals surface area contributed by atoms with Gasteiger partial charge in [-0.25, -0.2) is 9.50 Å². The van der Waals surface area contributed by atoms with E-state index in [-0.39, 0.29) is 5.92 Å². The van der Waals surface area contributed by atoms with Gasteiger partial charge >= 0.3 is 0 Å². The Morgan fingerprint density at radius 2 is 2.29 bits per heavy atom. The van der Waals surface area contributed by atoms with Crippen molar-refractivity contribution in [1.82, 2.24) is 19.8 Å². The minimum Gasteiger partial charge on any atom is -0.298 e. The molecule has 2 heterocycles.